The summed E-state index contributed by atoms with van der Waals surface area (Å²) in [6.07, 6.45) is 46.5. The zero-order valence-electron chi connectivity index (χ0n) is 34.6. The van der Waals surface area contributed by atoms with Crippen LogP contribution in [0, 0.1) is 0 Å². The fourth-order valence-electron chi connectivity index (χ4n) is 5.32. The molecule has 54 heavy (non-hydrogen) atoms. The maximum atomic E-state index is 12.6. The van der Waals surface area contributed by atoms with Crippen LogP contribution >= 0.6 is 0 Å². The third-order valence-corrected chi connectivity index (χ3v) is 8.53. The molecule has 0 heterocycles. The highest BCUT2D eigenvalue weighted by Gasteiger charge is 2.31. The zero-order valence-corrected chi connectivity index (χ0v) is 34.6. The molecular formula is C46H76NO7+. The molecule has 0 aromatic carbocycles. The van der Waals surface area contributed by atoms with Crippen LogP contribution in [0.2, 0.25) is 0 Å². The lowest BCUT2D eigenvalue weighted by Gasteiger charge is -2.31. The summed E-state index contributed by atoms with van der Waals surface area (Å²) in [7, 11) is 5.48. The molecule has 0 saturated heterocycles. The van der Waals surface area contributed by atoms with Crippen molar-refractivity contribution in [3.05, 3.63) is 85.1 Å². The molecule has 0 aromatic rings. The van der Waals surface area contributed by atoms with Gasteiger partial charge < -0.3 is 23.8 Å². The van der Waals surface area contributed by atoms with E-state index in [2.05, 4.69) is 98.9 Å². The largest absolute Gasteiger partial charge is 0.477 e. The molecule has 0 radical (unpaired) electrons. The predicted octanol–water partition coefficient (Wildman–Crippen LogP) is 11.0. The van der Waals surface area contributed by atoms with Gasteiger partial charge in [-0.3, -0.25) is 9.59 Å². The van der Waals surface area contributed by atoms with Crippen LogP contribution in [-0.4, -0.2) is 80.6 Å². The molecule has 0 aliphatic rings. The number of nitrogens with zero attached hydrogens (tertiary/aromatic N) is 1. The Kier molecular flexibility index (Phi) is 34.1. The molecule has 0 aliphatic heterocycles. The second-order valence-corrected chi connectivity index (χ2v) is 14.5. The fraction of sp³-hybridized carbons (Fsp3) is 0.630. The van der Waals surface area contributed by atoms with Crippen LogP contribution in [-0.2, 0) is 28.6 Å². The van der Waals surface area contributed by atoms with Crippen molar-refractivity contribution in [1.82, 2.24) is 0 Å². The van der Waals surface area contributed by atoms with Crippen LogP contribution in [0.3, 0.4) is 0 Å². The number of carboxylic acid groups (broad SMARTS) is 1. The summed E-state index contributed by atoms with van der Waals surface area (Å²) in [4.78, 5) is 36.8. The van der Waals surface area contributed by atoms with E-state index in [0.717, 1.165) is 64.2 Å². The number of hydrogen-bond acceptors (Lipinski definition) is 6. The third-order valence-electron chi connectivity index (χ3n) is 8.53. The van der Waals surface area contributed by atoms with Gasteiger partial charge in [0.05, 0.1) is 34.4 Å². The first kappa shape index (κ1) is 50.5. The molecule has 0 spiro atoms. The van der Waals surface area contributed by atoms with Gasteiger partial charge in [-0.25, -0.2) is 4.79 Å². The maximum absolute atomic E-state index is 12.6. The number of carboxylic acids is 1. The molecule has 2 atom stereocenters. The number of rotatable bonds is 35. The Morgan fingerprint density at radius 1 is 0.574 bits per heavy atom. The van der Waals surface area contributed by atoms with Crippen molar-refractivity contribution in [2.75, 3.05) is 41.0 Å². The quantitative estimate of drug-likeness (QED) is 0.0298. The number of carbonyl (C=O) groups excluding carboxylic acids is 2. The standard InChI is InChI=1S/C46H75NO7/c1-6-8-10-12-14-16-17-18-19-20-21-22-23-24-25-26-27-29-30-32-34-36-44(48)53-41-42(40-52-39-38-43(46(50)51)47(3,4)5)54-45(49)37-35-33-31-28-15-13-11-9-7-2/h9,11,14-16,18-19,21-22,24-25,27-29,42-43H,6-8,10,12-13,17,20,23,26,30-41H2,1-5H3/p+1/b11-9+,16-14+,19-18+,22-21+,25-24+,28-15+,29-27+. The number of unbranched alkanes of at least 4 members (excludes halogenated alkanes) is 7. The molecule has 0 saturated carbocycles. The second kappa shape index (κ2) is 36.5. The zero-order chi connectivity index (χ0) is 40.0. The minimum absolute atomic E-state index is 0.0285. The summed E-state index contributed by atoms with van der Waals surface area (Å²) in [5, 5.41) is 9.58. The minimum Gasteiger partial charge on any atom is -0.477 e. The number of allylic oxidation sites excluding steroid dienone is 14. The summed E-state index contributed by atoms with van der Waals surface area (Å²) >= 11 is 0. The molecule has 8 heteroatoms. The number of likely N-dealkylation sites (N-methyl/N-ethyl adjacent to an activating group) is 1. The van der Waals surface area contributed by atoms with Gasteiger partial charge in [0.1, 0.15) is 6.61 Å². The smallest absolute Gasteiger partial charge is 0.362 e. The lowest BCUT2D eigenvalue weighted by molar-refractivity contribution is -0.887. The molecule has 0 amide bonds. The molecular weight excluding hydrogens is 679 g/mol. The Labute approximate surface area is 329 Å². The van der Waals surface area contributed by atoms with E-state index in [1.807, 2.05) is 21.1 Å². The van der Waals surface area contributed by atoms with Gasteiger partial charge in [0, 0.05) is 19.3 Å². The van der Waals surface area contributed by atoms with Gasteiger partial charge in [-0.2, -0.15) is 0 Å². The topological polar surface area (TPSA) is 99.1 Å². The van der Waals surface area contributed by atoms with E-state index < -0.39 is 18.1 Å². The van der Waals surface area contributed by atoms with Crippen molar-refractivity contribution in [1.29, 1.82) is 0 Å². The van der Waals surface area contributed by atoms with Gasteiger partial charge in [-0.05, 0) is 89.9 Å². The lowest BCUT2D eigenvalue weighted by atomic mass is 10.1. The highest BCUT2D eigenvalue weighted by Crippen LogP contribution is 2.11. The highest BCUT2D eigenvalue weighted by atomic mass is 16.6. The molecule has 0 bridgehead atoms. The first-order valence-electron chi connectivity index (χ1n) is 20.6. The van der Waals surface area contributed by atoms with Gasteiger partial charge in [0.25, 0.3) is 0 Å². The molecule has 0 aliphatic carbocycles. The predicted molar refractivity (Wildman–Crippen MR) is 224 cm³/mol. The maximum Gasteiger partial charge on any atom is 0.362 e. The van der Waals surface area contributed by atoms with Gasteiger partial charge in [0.2, 0.25) is 0 Å². The fourth-order valence-corrected chi connectivity index (χ4v) is 5.32. The summed E-state index contributed by atoms with van der Waals surface area (Å²) in [6.45, 7) is 4.46. The van der Waals surface area contributed by atoms with E-state index in [-0.39, 0.29) is 49.1 Å². The molecule has 8 nitrogen and oxygen atoms in total. The van der Waals surface area contributed by atoms with Crippen molar-refractivity contribution < 1.29 is 38.2 Å². The van der Waals surface area contributed by atoms with Crippen molar-refractivity contribution >= 4 is 17.9 Å². The van der Waals surface area contributed by atoms with E-state index in [9.17, 15) is 19.5 Å². The SMILES string of the molecule is CC/C=C/C/C=C/CCCCC(=O)OC(COCCC(C(=O)O)[N+](C)(C)C)COC(=O)CCCC/C=C/C/C=C/C/C=C/C/C=C/C/C=C/CCCCC. The van der Waals surface area contributed by atoms with Gasteiger partial charge in [0.15, 0.2) is 12.1 Å². The summed E-state index contributed by atoms with van der Waals surface area (Å²) in [5.74, 6) is -1.59. The summed E-state index contributed by atoms with van der Waals surface area (Å²) in [6, 6.07) is -0.630. The average Bonchev–Trinajstić information content (AvgIpc) is 3.12. The van der Waals surface area contributed by atoms with Crippen LogP contribution in [0.5, 0.6) is 0 Å². The third kappa shape index (κ3) is 34.3. The molecule has 0 aromatic heterocycles. The molecule has 0 fully saturated rings. The molecule has 2 unspecified atom stereocenters. The number of ether oxygens (including phenoxy) is 3. The Bertz CT molecular complexity index is 1160. The number of quaternary nitrogens is 1. The molecule has 0 rings (SSSR count). The number of esters is 2. The van der Waals surface area contributed by atoms with E-state index in [0.29, 0.717) is 19.3 Å². The van der Waals surface area contributed by atoms with Crippen molar-refractivity contribution in [3.63, 3.8) is 0 Å². The van der Waals surface area contributed by atoms with Crippen LogP contribution in [0.15, 0.2) is 85.1 Å². The van der Waals surface area contributed by atoms with Gasteiger partial charge in [-0.1, -0.05) is 112 Å². The van der Waals surface area contributed by atoms with E-state index in [1.54, 1.807) is 0 Å². The van der Waals surface area contributed by atoms with Crippen molar-refractivity contribution in [3.8, 4) is 0 Å². The second-order valence-electron chi connectivity index (χ2n) is 14.5. The number of carbonyl (C=O) groups is 3. The van der Waals surface area contributed by atoms with Crippen LogP contribution in [0.4, 0.5) is 0 Å². The Hall–Kier alpha value is -3.49. The first-order valence-corrected chi connectivity index (χ1v) is 20.6. The van der Waals surface area contributed by atoms with Crippen molar-refractivity contribution in [2.24, 2.45) is 0 Å². The van der Waals surface area contributed by atoms with Gasteiger partial charge >= 0.3 is 17.9 Å². The number of aliphatic carboxylic acids is 1. The highest BCUT2D eigenvalue weighted by molar-refractivity contribution is 5.72. The molecule has 306 valence electrons. The van der Waals surface area contributed by atoms with Crippen LogP contribution in [0.1, 0.15) is 136 Å². The van der Waals surface area contributed by atoms with Crippen LogP contribution < -0.4 is 0 Å². The summed E-state index contributed by atoms with van der Waals surface area (Å²) in [5.41, 5.74) is 0. The normalized spacial score (nSPS) is 13.9. The number of hydrogen-bond donors (Lipinski definition) is 1. The first-order chi connectivity index (χ1) is 26.1. The van der Waals surface area contributed by atoms with E-state index >= 15 is 0 Å². The Balaban J connectivity index is 4.42. The van der Waals surface area contributed by atoms with Crippen LogP contribution in [0.25, 0.3) is 0 Å². The van der Waals surface area contributed by atoms with Crippen molar-refractivity contribution in [2.45, 2.75) is 148 Å². The van der Waals surface area contributed by atoms with E-state index in [4.69, 9.17) is 14.2 Å². The minimum atomic E-state index is -0.891. The lowest BCUT2D eigenvalue weighted by Crippen LogP contribution is -2.50. The monoisotopic (exact) mass is 755 g/mol. The summed E-state index contributed by atoms with van der Waals surface area (Å²) < 4.78 is 17.1. The Morgan fingerprint density at radius 2 is 1.02 bits per heavy atom. The average molecular weight is 755 g/mol. The van der Waals surface area contributed by atoms with Gasteiger partial charge in [-0.15, -0.1) is 0 Å². The Morgan fingerprint density at radius 3 is 1.46 bits per heavy atom. The molecule has 1 N–H and O–H groups in total. The van der Waals surface area contributed by atoms with E-state index in [1.165, 1.54) is 25.7 Å².